The van der Waals surface area contributed by atoms with Crippen LogP contribution in [0.15, 0.2) is 29.9 Å². The second-order valence-electron chi connectivity index (χ2n) is 3.89. The number of hydrogen-bond donors (Lipinski definition) is 0. The lowest BCUT2D eigenvalue weighted by molar-refractivity contribution is -0.134. The van der Waals surface area contributed by atoms with Gasteiger partial charge in [-0.25, -0.2) is 15.0 Å². The summed E-state index contributed by atoms with van der Waals surface area (Å²) in [5.74, 6) is 0. The zero-order valence-corrected chi connectivity index (χ0v) is 11.2. The van der Waals surface area contributed by atoms with Gasteiger partial charge < -0.3 is 0 Å². The zero-order valence-electron chi connectivity index (χ0n) is 9.65. The van der Waals surface area contributed by atoms with Crippen LogP contribution in [-0.4, -0.2) is 15.0 Å². The quantitative estimate of drug-likeness (QED) is 0.667. The maximum atomic E-state index is 12.9. The Balaban J connectivity index is 2.19. The first kappa shape index (κ1) is 13.3. The predicted octanol–water partition coefficient (Wildman–Crippen LogP) is 4.43. The number of hydrogen-bond acceptors (Lipinski definition) is 4. The second-order valence-corrected chi connectivity index (χ2v) is 5.15. The number of fused-ring (bicyclic) bond motifs is 1. The molecule has 3 rings (SSSR count). The molecular weight excluding hydrogens is 311 g/mol. The molecule has 0 saturated carbocycles. The van der Waals surface area contributed by atoms with E-state index in [0.29, 0.717) is 21.7 Å². The summed E-state index contributed by atoms with van der Waals surface area (Å²) in [7, 11) is 0. The molecule has 0 radical (unpaired) electrons. The molecule has 0 amide bonds. The lowest BCUT2D eigenvalue weighted by Crippen LogP contribution is -2.04. The van der Waals surface area contributed by atoms with Crippen LogP contribution < -0.4 is 0 Å². The fraction of sp³-hybridized carbons (Fsp3) is 0.0833. The minimum Gasteiger partial charge on any atom is -0.242 e. The molecule has 20 heavy (non-hydrogen) atoms. The Bertz CT molecular complexity index is 785. The van der Waals surface area contributed by atoms with Crippen molar-refractivity contribution in [2.45, 2.75) is 6.18 Å². The third-order valence-corrected chi connectivity index (χ3v) is 3.82. The fourth-order valence-corrected chi connectivity index (χ4v) is 2.63. The summed E-state index contributed by atoms with van der Waals surface area (Å²) in [6.45, 7) is 0. The zero-order chi connectivity index (χ0) is 14.3. The molecule has 0 aromatic carbocycles. The maximum Gasteiger partial charge on any atom is 0.427 e. The highest BCUT2D eigenvalue weighted by Gasteiger charge is 2.36. The van der Waals surface area contributed by atoms with Crippen molar-refractivity contribution >= 4 is 34.0 Å². The smallest absolute Gasteiger partial charge is 0.242 e. The predicted molar refractivity (Wildman–Crippen MR) is 70.7 cm³/mol. The van der Waals surface area contributed by atoms with Gasteiger partial charge in [-0.1, -0.05) is 11.6 Å². The number of thiazole rings is 1. The summed E-state index contributed by atoms with van der Waals surface area (Å²) < 4.78 is 38.6. The van der Waals surface area contributed by atoms with Crippen LogP contribution in [0.5, 0.6) is 0 Å². The molecule has 0 atom stereocenters. The van der Waals surface area contributed by atoms with E-state index in [1.807, 2.05) is 0 Å². The average molecular weight is 316 g/mol. The fourth-order valence-electron chi connectivity index (χ4n) is 1.76. The molecule has 0 saturated heterocycles. The van der Waals surface area contributed by atoms with Crippen LogP contribution in [0, 0.1) is 0 Å². The largest absolute Gasteiger partial charge is 0.427 e. The number of aromatic nitrogens is 3. The van der Waals surface area contributed by atoms with E-state index in [1.54, 1.807) is 12.1 Å². The van der Waals surface area contributed by atoms with Gasteiger partial charge in [-0.05, 0) is 18.2 Å². The standard InChI is InChI=1S/C12H5ClF3N3S/c13-7-3-4-17-11-6(7)1-2-8(19-11)9-10(12(14,15)16)20-5-18-9/h1-5H. The van der Waals surface area contributed by atoms with Crippen LogP contribution in [-0.2, 0) is 6.18 Å². The van der Waals surface area contributed by atoms with Crippen molar-refractivity contribution in [2.75, 3.05) is 0 Å². The van der Waals surface area contributed by atoms with Gasteiger partial charge in [0.05, 0.1) is 16.2 Å². The van der Waals surface area contributed by atoms with Crippen LogP contribution >= 0.6 is 22.9 Å². The van der Waals surface area contributed by atoms with Gasteiger partial charge in [-0.2, -0.15) is 13.2 Å². The monoisotopic (exact) mass is 315 g/mol. The molecule has 0 N–H and O–H groups in total. The van der Waals surface area contributed by atoms with Crippen LogP contribution in [0.25, 0.3) is 22.4 Å². The highest BCUT2D eigenvalue weighted by molar-refractivity contribution is 7.10. The van der Waals surface area contributed by atoms with Gasteiger partial charge in [-0.3, -0.25) is 0 Å². The molecule has 0 aliphatic carbocycles. The number of rotatable bonds is 1. The molecule has 3 heterocycles. The molecule has 3 nitrogen and oxygen atoms in total. The summed E-state index contributed by atoms with van der Waals surface area (Å²) in [6, 6.07) is 4.64. The normalized spacial score (nSPS) is 12.0. The molecule has 0 unspecified atom stereocenters. The molecule has 0 aliphatic heterocycles. The first-order valence-electron chi connectivity index (χ1n) is 5.39. The number of halogens is 4. The molecule has 3 aromatic heterocycles. The Kier molecular flexibility index (Phi) is 3.10. The maximum absolute atomic E-state index is 12.9. The van der Waals surface area contributed by atoms with Crippen molar-refractivity contribution in [2.24, 2.45) is 0 Å². The Morgan fingerprint density at radius 3 is 2.65 bits per heavy atom. The van der Waals surface area contributed by atoms with Gasteiger partial charge >= 0.3 is 6.18 Å². The third kappa shape index (κ3) is 2.23. The van der Waals surface area contributed by atoms with Gasteiger partial charge in [0, 0.05) is 11.6 Å². The van der Waals surface area contributed by atoms with Crippen LogP contribution in [0.1, 0.15) is 4.88 Å². The third-order valence-electron chi connectivity index (χ3n) is 2.62. The van der Waals surface area contributed by atoms with E-state index in [4.69, 9.17) is 11.6 Å². The van der Waals surface area contributed by atoms with E-state index in [1.165, 1.54) is 12.3 Å². The van der Waals surface area contributed by atoms with Crippen molar-refractivity contribution in [1.82, 2.24) is 15.0 Å². The minimum absolute atomic E-state index is 0.126. The first-order chi connectivity index (χ1) is 9.47. The van der Waals surface area contributed by atoms with E-state index < -0.39 is 11.1 Å². The Morgan fingerprint density at radius 2 is 1.90 bits per heavy atom. The molecule has 0 fully saturated rings. The number of nitrogens with zero attached hydrogens (tertiary/aromatic N) is 3. The summed E-state index contributed by atoms with van der Waals surface area (Å²) in [4.78, 5) is 11.1. The highest BCUT2D eigenvalue weighted by Crippen LogP contribution is 2.39. The van der Waals surface area contributed by atoms with E-state index in [0.717, 1.165) is 5.51 Å². The van der Waals surface area contributed by atoms with Gasteiger partial charge in [0.1, 0.15) is 10.6 Å². The highest BCUT2D eigenvalue weighted by atomic mass is 35.5. The second kappa shape index (κ2) is 4.68. The van der Waals surface area contributed by atoms with Gasteiger partial charge in [0.2, 0.25) is 0 Å². The summed E-state index contributed by atoms with van der Waals surface area (Å²) >= 11 is 6.50. The summed E-state index contributed by atoms with van der Waals surface area (Å²) in [5, 5.41) is 1.03. The molecular formula is C12H5ClF3N3S. The van der Waals surface area contributed by atoms with Crippen molar-refractivity contribution in [3.8, 4) is 11.4 Å². The summed E-state index contributed by atoms with van der Waals surface area (Å²) in [5.41, 5.74) is 1.37. The molecule has 0 spiro atoms. The molecule has 3 aromatic rings. The lowest BCUT2D eigenvalue weighted by atomic mass is 10.2. The van der Waals surface area contributed by atoms with E-state index in [9.17, 15) is 13.2 Å². The van der Waals surface area contributed by atoms with Crippen LogP contribution in [0.3, 0.4) is 0 Å². The molecule has 0 bridgehead atoms. The van der Waals surface area contributed by atoms with E-state index >= 15 is 0 Å². The summed E-state index contributed by atoms with van der Waals surface area (Å²) in [6.07, 6.45) is -3.00. The van der Waals surface area contributed by atoms with Gasteiger partial charge in [0.15, 0.2) is 5.65 Å². The van der Waals surface area contributed by atoms with Gasteiger partial charge in [0.25, 0.3) is 0 Å². The van der Waals surface area contributed by atoms with Crippen molar-refractivity contribution in [3.05, 3.63) is 39.8 Å². The molecule has 0 aliphatic rings. The van der Waals surface area contributed by atoms with Crippen molar-refractivity contribution in [3.63, 3.8) is 0 Å². The Hall–Kier alpha value is -1.73. The van der Waals surface area contributed by atoms with E-state index in [2.05, 4.69) is 15.0 Å². The average Bonchev–Trinajstić information content (AvgIpc) is 2.87. The number of alkyl halides is 3. The van der Waals surface area contributed by atoms with Crippen LogP contribution in [0.2, 0.25) is 5.02 Å². The topological polar surface area (TPSA) is 38.7 Å². The lowest BCUT2D eigenvalue weighted by Gasteiger charge is -2.06. The minimum atomic E-state index is -4.45. The van der Waals surface area contributed by atoms with Gasteiger partial charge in [-0.15, -0.1) is 11.3 Å². The van der Waals surface area contributed by atoms with Crippen LogP contribution in [0.4, 0.5) is 13.2 Å². The van der Waals surface area contributed by atoms with E-state index in [-0.39, 0.29) is 17.0 Å². The Morgan fingerprint density at radius 1 is 1.10 bits per heavy atom. The van der Waals surface area contributed by atoms with Crippen molar-refractivity contribution in [1.29, 1.82) is 0 Å². The number of pyridine rings is 2. The SMILES string of the molecule is FC(F)(F)c1scnc1-c1ccc2c(Cl)ccnc2n1. The molecule has 102 valence electrons. The first-order valence-corrected chi connectivity index (χ1v) is 6.65. The Labute approximate surface area is 120 Å². The molecule has 8 heteroatoms. The van der Waals surface area contributed by atoms with Crippen molar-refractivity contribution < 1.29 is 13.2 Å².